The van der Waals surface area contributed by atoms with E-state index >= 15 is 0 Å². The topological polar surface area (TPSA) is 72.3 Å². The number of halogens is 1. The minimum atomic E-state index is -0.320. The highest BCUT2D eigenvalue weighted by atomic mass is 19.1. The predicted octanol–water partition coefficient (Wildman–Crippen LogP) is 2.02. The van der Waals surface area contributed by atoms with Crippen LogP contribution in [-0.2, 0) is 18.3 Å². The number of nitrogens with zero attached hydrogens (tertiary/aromatic N) is 4. The molecule has 0 saturated carbocycles. The standard InChI is InChI=1S/C15H20FN5O2/c1-11(10-23-3)21(8-12-4-6-13(16)7-5-12)15(22)17-14-9-20(2)19-18-14/h4-7,9,11H,8,10H2,1-3H3,(H,17,22)/t11-/m0/s1. The van der Waals surface area contributed by atoms with Gasteiger partial charge in [0.25, 0.3) is 0 Å². The quantitative estimate of drug-likeness (QED) is 0.883. The van der Waals surface area contributed by atoms with Crippen LogP contribution >= 0.6 is 0 Å². The largest absolute Gasteiger partial charge is 0.383 e. The first-order chi connectivity index (χ1) is 11.0. The maximum atomic E-state index is 13.0. The van der Waals surface area contributed by atoms with E-state index < -0.39 is 0 Å². The molecule has 7 nitrogen and oxygen atoms in total. The Morgan fingerprint density at radius 1 is 1.43 bits per heavy atom. The molecule has 1 heterocycles. The number of urea groups is 1. The lowest BCUT2D eigenvalue weighted by atomic mass is 10.2. The molecule has 2 aromatic rings. The first-order valence-corrected chi connectivity index (χ1v) is 7.17. The third-order valence-electron chi connectivity index (χ3n) is 3.30. The summed E-state index contributed by atoms with van der Waals surface area (Å²) in [7, 11) is 3.29. The Kier molecular flexibility index (Phi) is 5.64. The van der Waals surface area contributed by atoms with Crippen LogP contribution in [0.5, 0.6) is 0 Å². The Hall–Kier alpha value is -2.48. The molecule has 0 saturated heterocycles. The number of rotatable bonds is 6. The molecule has 1 atom stereocenters. The summed E-state index contributed by atoms with van der Waals surface area (Å²) in [6.07, 6.45) is 1.61. The molecule has 1 aromatic heterocycles. The first kappa shape index (κ1) is 16.9. The van der Waals surface area contributed by atoms with Crippen molar-refractivity contribution >= 4 is 11.8 Å². The molecule has 0 aliphatic rings. The lowest BCUT2D eigenvalue weighted by Gasteiger charge is -2.28. The number of carbonyl (C=O) groups is 1. The van der Waals surface area contributed by atoms with Crippen molar-refractivity contribution in [2.24, 2.45) is 7.05 Å². The zero-order valence-corrected chi connectivity index (χ0v) is 13.4. The Bertz CT molecular complexity index is 644. The number of aromatic nitrogens is 3. The maximum Gasteiger partial charge on any atom is 0.323 e. The molecule has 2 rings (SSSR count). The van der Waals surface area contributed by atoms with Gasteiger partial charge in [-0.25, -0.2) is 9.18 Å². The number of hydrogen-bond acceptors (Lipinski definition) is 4. The molecule has 0 aliphatic heterocycles. The Balaban J connectivity index is 2.12. The van der Waals surface area contributed by atoms with Gasteiger partial charge >= 0.3 is 6.03 Å². The Labute approximate surface area is 134 Å². The van der Waals surface area contributed by atoms with E-state index in [9.17, 15) is 9.18 Å². The van der Waals surface area contributed by atoms with Gasteiger partial charge in [-0.3, -0.25) is 10.00 Å². The minimum Gasteiger partial charge on any atom is -0.383 e. The number of aryl methyl sites for hydroxylation is 1. The van der Waals surface area contributed by atoms with Crippen molar-refractivity contribution in [3.8, 4) is 0 Å². The smallest absolute Gasteiger partial charge is 0.323 e. The molecule has 124 valence electrons. The van der Waals surface area contributed by atoms with Crippen LogP contribution in [0, 0.1) is 5.82 Å². The highest BCUT2D eigenvalue weighted by molar-refractivity contribution is 5.88. The number of methoxy groups -OCH3 is 1. The molecule has 0 radical (unpaired) electrons. The van der Waals surface area contributed by atoms with E-state index in [2.05, 4.69) is 15.6 Å². The van der Waals surface area contributed by atoms with Gasteiger partial charge in [-0.05, 0) is 24.6 Å². The highest BCUT2D eigenvalue weighted by Crippen LogP contribution is 2.12. The second-order valence-electron chi connectivity index (χ2n) is 5.27. The Morgan fingerprint density at radius 3 is 2.70 bits per heavy atom. The highest BCUT2D eigenvalue weighted by Gasteiger charge is 2.21. The van der Waals surface area contributed by atoms with Crippen LogP contribution in [0.1, 0.15) is 12.5 Å². The second-order valence-corrected chi connectivity index (χ2v) is 5.27. The third-order valence-corrected chi connectivity index (χ3v) is 3.30. The van der Waals surface area contributed by atoms with E-state index in [1.54, 1.807) is 37.4 Å². The van der Waals surface area contributed by atoms with Crippen molar-refractivity contribution in [2.45, 2.75) is 19.5 Å². The number of benzene rings is 1. The number of anilines is 1. The zero-order chi connectivity index (χ0) is 16.8. The maximum absolute atomic E-state index is 13.0. The SMILES string of the molecule is COC[C@H](C)N(Cc1ccc(F)cc1)C(=O)Nc1cn(C)nn1. The van der Waals surface area contributed by atoms with E-state index in [-0.39, 0.29) is 17.9 Å². The molecular weight excluding hydrogens is 301 g/mol. The van der Waals surface area contributed by atoms with Crippen LogP contribution in [0.4, 0.5) is 15.0 Å². The van der Waals surface area contributed by atoms with Crippen LogP contribution in [-0.4, -0.2) is 45.7 Å². The van der Waals surface area contributed by atoms with E-state index in [4.69, 9.17) is 4.74 Å². The van der Waals surface area contributed by atoms with Crippen LogP contribution < -0.4 is 5.32 Å². The summed E-state index contributed by atoms with van der Waals surface area (Å²) >= 11 is 0. The van der Waals surface area contributed by atoms with Crippen molar-refractivity contribution in [1.29, 1.82) is 0 Å². The summed E-state index contributed by atoms with van der Waals surface area (Å²) in [5.41, 5.74) is 0.823. The molecule has 2 amide bonds. The van der Waals surface area contributed by atoms with Gasteiger partial charge in [0, 0.05) is 20.7 Å². The van der Waals surface area contributed by atoms with Gasteiger partial charge < -0.3 is 9.64 Å². The number of carbonyl (C=O) groups excluding carboxylic acids is 1. The number of hydrogen-bond donors (Lipinski definition) is 1. The number of amides is 2. The molecule has 0 spiro atoms. The average molecular weight is 321 g/mol. The van der Waals surface area contributed by atoms with Gasteiger partial charge in [-0.1, -0.05) is 17.3 Å². The van der Waals surface area contributed by atoms with Crippen LogP contribution in [0.3, 0.4) is 0 Å². The van der Waals surface area contributed by atoms with Crippen LogP contribution in [0.2, 0.25) is 0 Å². The van der Waals surface area contributed by atoms with Crippen molar-refractivity contribution in [3.05, 3.63) is 41.8 Å². The van der Waals surface area contributed by atoms with Crippen LogP contribution in [0.25, 0.3) is 0 Å². The molecule has 0 fully saturated rings. The summed E-state index contributed by atoms with van der Waals surface area (Å²) < 4.78 is 19.7. The summed E-state index contributed by atoms with van der Waals surface area (Å²) in [6.45, 7) is 2.59. The van der Waals surface area contributed by atoms with Gasteiger partial charge in [0.1, 0.15) is 5.82 Å². The van der Waals surface area contributed by atoms with Crippen LogP contribution in [0.15, 0.2) is 30.5 Å². The average Bonchev–Trinajstić information content (AvgIpc) is 2.91. The molecule has 0 aliphatic carbocycles. The fourth-order valence-corrected chi connectivity index (χ4v) is 2.13. The summed E-state index contributed by atoms with van der Waals surface area (Å²) in [5.74, 6) is 0.0560. The lowest BCUT2D eigenvalue weighted by Crippen LogP contribution is -2.43. The van der Waals surface area contributed by atoms with Crippen molar-refractivity contribution in [1.82, 2.24) is 19.9 Å². The Morgan fingerprint density at radius 2 is 2.13 bits per heavy atom. The van der Waals surface area contributed by atoms with Crippen molar-refractivity contribution in [2.75, 3.05) is 19.0 Å². The van der Waals surface area contributed by atoms with E-state index in [1.165, 1.54) is 16.8 Å². The number of nitrogens with one attached hydrogen (secondary N) is 1. The van der Waals surface area contributed by atoms with E-state index in [0.717, 1.165) is 5.56 Å². The van der Waals surface area contributed by atoms with Gasteiger partial charge in [-0.15, -0.1) is 5.10 Å². The molecule has 0 bridgehead atoms. The molecule has 0 unspecified atom stereocenters. The second kappa shape index (κ2) is 7.68. The van der Waals surface area contributed by atoms with E-state index in [0.29, 0.717) is 19.0 Å². The lowest BCUT2D eigenvalue weighted by molar-refractivity contribution is 0.113. The fourth-order valence-electron chi connectivity index (χ4n) is 2.13. The first-order valence-electron chi connectivity index (χ1n) is 7.17. The molecular formula is C15H20FN5O2. The van der Waals surface area contributed by atoms with Crippen molar-refractivity contribution < 1.29 is 13.9 Å². The zero-order valence-electron chi connectivity index (χ0n) is 13.4. The predicted molar refractivity (Wildman–Crippen MR) is 83.3 cm³/mol. The van der Waals surface area contributed by atoms with Gasteiger partial charge in [0.2, 0.25) is 0 Å². The number of ether oxygens (including phenoxy) is 1. The van der Waals surface area contributed by atoms with Crippen molar-refractivity contribution in [3.63, 3.8) is 0 Å². The van der Waals surface area contributed by atoms with Gasteiger partial charge in [0.05, 0.1) is 18.8 Å². The third kappa shape index (κ3) is 4.75. The summed E-state index contributed by atoms with van der Waals surface area (Å²) in [5, 5.41) is 10.3. The van der Waals surface area contributed by atoms with E-state index in [1.807, 2.05) is 6.92 Å². The van der Waals surface area contributed by atoms with Gasteiger partial charge in [0.15, 0.2) is 5.82 Å². The molecule has 1 N–H and O–H groups in total. The normalized spacial score (nSPS) is 12.0. The van der Waals surface area contributed by atoms with Gasteiger partial charge in [-0.2, -0.15) is 0 Å². The molecule has 1 aromatic carbocycles. The fraction of sp³-hybridized carbons (Fsp3) is 0.400. The summed E-state index contributed by atoms with van der Waals surface area (Å²) in [6, 6.07) is 5.56. The minimum absolute atomic E-state index is 0.165. The monoisotopic (exact) mass is 321 g/mol. The molecule has 8 heteroatoms. The molecule has 23 heavy (non-hydrogen) atoms. The summed E-state index contributed by atoms with van der Waals surface area (Å²) in [4.78, 5) is 14.1.